The average Bonchev–Trinajstić information content (AvgIpc) is 2.76. The van der Waals surface area contributed by atoms with Crippen molar-refractivity contribution >= 4 is 46.9 Å². The summed E-state index contributed by atoms with van der Waals surface area (Å²) in [5.74, 6) is -1.03. The van der Waals surface area contributed by atoms with Crippen molar-refractivity contribution in [2.75, 3.05) is 25.7 Å². The lowest BCUT2D eigenvalue weighted by molar-refractivity contribution is -0.143. The number of anilines is 1. The molecule has 0 radical (unpaired) electrons. The van der Waals surface area contributed by atoms with Gasteiger partial charge in [-0.15, -0.1) is 0 Å². The Hall–Kier alpha value is -3.72. The molecule has 9 heteroatoms. The van der Waals surface area contributed by atoms with Crippen LogP contribution in [0.2, 0.25) is 0 Å². The van der Waals surface area contributed by atoms with E-state index in [4.69, 9.17) is 21.7 Å². The highest BCUT2D eigenvalue weighted by Gasteiger charge is 2.34. The van der Waals surface area contributed by atoms with Crippen molar-refractivity contribution in [1.29, 1.82) is 0 Å². The third-order valence-corrected chi connectivity index (χ3v) is 4.75. The molecule has 0 spiro atoms. The van der Waals surface area contributed by atoms with Crippen LogP contribution in [-0.4, -0.2) is 43.7 Å². The Labute approximate surface area is 184 Å². The third kappa shape index (κ3) is 4.89. The molecule has 0 saturated carbocycles. The van der Waals surface area contributed by atoms with Crippen LogP contribution in [0.5, 0.6) is 11.5 Å². The Morgan fingerprint density at radius 1 is 1.10 bits per heavy atom. The number of hydrogen-bond donors (Lipinski definition) is 1. The van der Waals surface area contributed by atoms with E-state index in [9.17, 15) is 14.4 Å². The van der Waals surface area contributed by atoms with Gasteiger partial charge in [0.15, 0.2) is 23.2 Å². The van der Waals surface area contributed by atoms with E-state index in [-0.39, 0.29) is 17.3 Å². The maximum atomic E-state index is 13.1. The molecule has 3 rings (SSSR count). The minimum atomic E-state index is -0.594. The van der Waals surface area contributed by atoms with Crippen LogP contribution in [0.1, 0.15) is 11.1 Å². The third-order valence-electron chi connectivity index (χ3n) is 4.47. The zero-order valence-electron chi connectivity index (χ0n) is 17.1. The SMILES string of the molecule is COC(=O)COc1ccc(/C=C2/C(=O)NC(=S)N(c3ccc(C)cc3)C2=O)cc1OC. The Morgan fingerprint density at radius 3 is 2.45 bits per heavy atom. The summed E-state index contributed by atoms with van der Waals surface area (Å²) < 4.78 is 15.2. The van der Waals surface area contributed by atoms with E-state index in [1.165, 1.54) is 25.2 Å². The molecule has 1 N–H and O–H groups in total. The summed E-state index contributed by atoms with van der Waals surface area (Å²) in [5, 5.41) is 2.56. The molecule has 0 unspecified atom stereocenters. The van der Waals surface area contributed by atoms with Crippen LogP contribution in [0.15, 0.2) is 48.0 Å². The van der Waals surface area contributed by atoms with Gasteiger partial charge in [-0.1, -0.05) is 23.8 Å². The number of benzene rings is 2. The van der Waals surface area contributed by atoms with E-state index in [0.717, 1.165) is 5.56 Å². The van der Waals surface area contributed by atoms with Gasteiger partial charge < -0.3 is 14.2 Å². The second-order valence-corrected chi connectivity index (χ2v) is 6.96. The maximum Gasteiger partial charge on any atom is 0.343 e. The molecule has 1 aliphatic heterocycles. The molecule has 2 aromatic rings. The van der Waals surface area contributed by atoms with Crippen molar-refractivity contribution in [2.45, 2.75) is 6.92 Å². The predicted octanol–water partition coefficient (Wildman–Crippen LogP) is 2.39. The number of carbonyl (C=O) groups excluding carboxylic acids is 3. The lowest BCUT2D eigenvalue weighted by Gasteiger charge is -2.29. The summed E-state index contributed by atoms with van der Waals surface area (Å²) in [6.07, 6.45) is 1.44. The number of rotatable bonds is 6. The van der Waals surface area contributed by atoms with Crippen molar-refractivity contribution in [2.24, 2.45) is 0 Å². The molecular weight excluding hydrogens is 420 g/mol. The molecule has 2 amide bonds. The van der Waals surface area contributed by atoms with Gasteiger partial charge in [-0.25, -0.2) is 4.79 Å². The lowest BCUT2D eigenvalue weighted by atomic mass is 10.1. The van der Waals surface area contributed by atoms with Gasteiger partial charge >= 0.3 is 5.97 Å². The Kier molecular flexibility index (Phi) is 6.66. The van der Waals surface area contributed by atoms with Gasteiger partial charge in [-0.3, -0.25) is 19.8 Å². The first-order valence-corrected chi connectivity index (χ1v) is 9.60. The second kappa shape index (κ2) is 9.40. The smallest absolute Gasteiger partial charge is 0.343 e. The Morgan fingerprint density at radius 2 is 1.81 bits per heavy atom. The van der Waals surface area contributed by atoms with Crippen LogP contribution >= 0.6 is 12.2 Å². The zero-order valence-corrected chi connectivity index (χ0v) is 17.9. The van der Waals surface area contributed by atoms with Gasteiger partial charge in [0.2, 0.25) is 0 Å². The minimum Gasteiger partial charge on any atom is -0.493 e. The van der Waals surface area contributed by atoms with E-state index in [2.05, 4.69) is 10.1 Å². The lowest BCUT2D eigenvalue weighted by Crippen LogP contribution is -2.54. The van der Waals surface area contributed by atoms with Gasteiger partial charge in [0.25, 0.3) is 11.8 Å². The molecule has 31 heavy (non-hydrogen) atoms. The zero-order chi connectivity index (χ0) is 22.5. The number of nitrogens with one attached hydrogen (secondary N) is 1. The highest BCUT2D eigenvalue weighted by molar-refractivity contribution is 7.80. The van der Waals surface area contributed by atoms with E-state index < -0.39 is 17.8 Å². The van der Waals surface area contributed by atoms with Crippen molar-refractivity contribution in [1.82, 2.24) is 5.32 Å². The van der Waals surface area contributed by atoms with Crippen LogP contribution in [-0.2, 0) is 19.1 Å². The molecule has 1 aliphatic rings. The number of carbonyl (C=O) groups is 3. The summed E-state index contributed by atoms with van der Waals surface area (Å²) >= 11 is 5.20. The van der Waals surface area contributed by atoms with Crippen LogP contribution in [0.3, 0.4) is 0 Å². The maximum absolute atomic E-state index is 13.1. The number of thiocarbonyl (C=S) groups is 1. The molecule has 0 atom stereocenters. The molecule has 1 heterocycles. The topological polar surface area (TPSA) is 94.2 Å². The largest absolute Gasteiger partial charge is 0.493 e. The molecule has 2 aromatic carbocycles. The van der Waals surface area contributed by atoms with Crippen LogP contribution in [0.4, 0.5) is 5.69 Å². The molecule has 160 valence electrons. The van der Waals surface area contributed by atoms with Crippen LogP contribution in [0, 0.1) is 6.92 Å². The van der Waals surface area contributed by atoms with Gasteiger partial charge in [0.1, 0.15) is 5.57 Å². The van der Waals surface area contributed by atoms with E-state index in [1.54, 1.807) is 30.3 Å². The standard InChI is InChI=1S/C22H20N2O6S/c1-13-4-7-15(8-5-13)24-21(27)16(20(26)23-22(24)31)10-14-6-9-17(18(11-14)28-2)30-12-19(25)29-3/h4-11H,12H2,1-3H3,(H,23,26,31)/b16-10-. The van der Waals surface area contributed by atoms with Crippen molar-refractivity contribution in [3.8, 4) is 11.5 Å². The molecule has 1 fully saturated rings. The fraction of sp³-hybridized carbons (Fsp3) is 0.182. The molecular formula is C22H20N2O6S. The monoisotopic (exact) mass is 440 g/mol. The quantitative estimate of drug-likeness (QED) is 0.319. The van der Waals surface area contributed by atoms with Gasteiger partial charge in [-0.2, -0.15) is 0 Å². The molecule has 8 nitrogen and oxygen atoms in total. The number of amides is 2. The highest BCUT2D eigenvalue weighted by Crippen LogP contribution is 2.30. The molecule has 0 aliphatic carbocycles. The number of hydrogen-bond acceptors (Lipinski definition) is 7. The molecule has 0 bridgehead atoms. The molecule has 0 aromatic heterocycles. The normalized spacial score (nSPS) is 15.0. The van der Waals surface area contributed by atoms with Crippen LogP contribution in [0.25, 0.3) is 6.08 Å². The predicted molar refractivity (Wildman–Crippen MR) is 118 cm³/mol. The highest BCUT2D eigenvalue weighted by atomic mass is 32.1. The number of aryl methyl sites for hydroxylation is 1. The van der Waals surface area contributed by atoms with Crippen LogP contribution < -0.4 is 19.7 Å². The summed E-state index contributed by atoms with van der Waals surface area (Å²) in [6, 6.07) is 12.0. The van der Waals surface area contributed by atoms with Crippen molar-refractivity contribution in [3.05, 3.63) is 59.2 Å². The van der Waals surface area contributed by atoms with E-state index in [1.807, 2.05) is 19.1 Å². The first kappa shape index (κ1) is 22.0. The summed E-state index contributed by atoms with van der Waals surface area (Å²) in [7, 11) is 2.70. The van der Waals surface area contributed by atoms with Gasteiger partial charge in [0.05, 0.1) is 19.9 Å². The van der Waals surface area contributed by atoms with Gasteiger partial charge in [0, 0.05) is 0 Å². The molecule has 1 saturated heterocycles. The first-order valence-electron chi connectivity index (χ1n) is 9.20. The fourth-order valence-electron chi connectivity index (χ4n) is 2.84. The summed E-state index contributed by atoms with van der Waals surface area (Å²) in [4.78, 5) is 38.1. The Bertz CT molecular complexity index is 1080. The average molecular weight is 440 g/mol. The number of esters is 1. The summed E-state index contributed by atoms with van der Waals surface area (Å²) in [6.45, 7) is 1.65. The van der Waals surface area contributed by atoms with Crippen molar-refractivity contribution in [3.63, 3.8) is 0 Å². The second-order valence-electron chi connectivity index (χ2n) is 6.57. The van der Waals surface area contributed by atoms with E-state index in [0.29, 0.717) is 22.7 Å². The number of nitrogens with zero attached hydrogens (tertiary/aromatic N) is 1. The minimum absolute atomic E-state index is 0.0140. The Balaban J connectivity index is 1.91. The number of ether oxygens (including phenoxy) is 3. The summed E-state index contributed by atoms with van der Waals surface area (Å²) in [5.41, 5.74) is 2.02. The first-order chi connectivity index (χ1) is 14.8. The van der Waals surface area contributed by atoms with Crippen molar-refractivity contribution < 1.29 is 28.6 Å². The fourth-order valence-corrected chi connectivity index (χ4v) is 3.12. The van der Waals surface area contributed by atoms with Gasteiger partial charge in [-0.05, 0) is 55.0 Å². The number of methoxy groups -OCH3 is 2. The van der Waals surface area contributed by atoms with E-state index >= 15 is 0 Å².